The van der Waals surface area contributed by atoms with E-state index in [1.165, 1.54) is 0 Å². The van der Waals surface area contributed by atoms with Crippen molar-refractivity contribution in [3.63, 3.8) is 0 Å². The molecule has 0 N–H and O–H groups in total. The third-order valence-corrected chi connectivity index (χ3v) is 3.26. The molecular weight excluding hydrogens is 280 g/mol. The van der Waals surface area contributed by atoms with Crippen LogP contribution in [0, 0.1) is 0 Å². The molecule has 2 aromatic rings. The van der Waals surface area contributed by atoms with Gasteiger partial charge < -0.3 is 19.0 Å². The molecule has 1 unspecified atom stereocenters. The SMILES string of the molecule is COc1ccc(COC(C=O)[C@H](C)Oc2ccccc2)cc1. The number of rotatable bonds is 8. The molecule has 2 atom stereocenters. The van der Waals surface area contributed by atoms with E-state index >= 15 is 0 Å². The van der Waals surface area contributed by atoms with E-state index < -0.39 is 6.10 Å². The zero-order valence-corrected chi connectivity index (χ0v) is 12.8. The third kappa shape index (κ3) is 4.60. The molecular formula is C18H20O4. The minimum atomic E-state index is -0.623. The Morgan fingerprint density at radius 2 is 1.68 bits per heavy atom. The van der Waals surface area contributed by atoms with E-state index in [1.54, 1.807) is 7.11 Å². The Hall–Kier alpha value is -2.33. The van der Waals surface area contributed by atoms with Crippen molar-refractivity contribution >= 4 is 6.29 Å². The molecule has 0 fully saturated rings. The molecule has 116 valence electrons. The molecule has 0 heterocycles. The highest BCUT2D eigenvalue weighted by molar-refractivity contribution is 5.57. The lowest BCUT2D eigenvalue weighted by atomic mass is 10.2. The molecule has 0 spiro atoms. The number of hydrogen-bond donors (Lipinski definition) is 0. The predicted octanol–water partition coefficient (Wildman–Crippen LogP) is 3.25. The van der Waals surface area contributed by atoms with Crippen LogP contribution in [0.3, 0.4) is 0 Å². The van der Waals surface area contributed by atoms with Crippen LogP contribution < -0.4 is 9.47 Å². The number of hydrogen-bond acceptors (Lipinski definition) is 4. The van der Waals surface area contributed by atoms with Gasteiger partial charge in [0.15, 0.2) is 6.29 Å². The fraction of sp³-hybridized carbons (Fsp3) is 0.278. The standard InChI is InChI=1S/C18H20O4/c1-14(22-17-6-4-3-5-7-17)18(12-19)21-13-15-8-10-16(20-2)11-9-15/h3-12,14,18H,13H2,1-2H3/t14-,18?/m0/s1. The lowest BCUT2D eigenvalue weighted by Gasteiger charge is -2.21. The second-order valence-electron chi connectivity index (χ2n) is 4.90. The number of benzene rings is 2. The fourth-order valence-corrected chi connectivity index (χ4v) is 1.98. The minimum absolute atomic E-state index is 0.343. The molecule has 0 aliphatic carbocycles. The van der Waals surface area contributed by atoms with Crippen molar-refractivity contribution < 1.29 is 19.0 Å². The molecule has 2 aromatic carbocycles. The van der Waals surface area contributed by atoms with Crippen molar-refractivity contribution in [2.45, 2.75) is 25.7 Å². The molecule has 0 radical (unpaired) electrons. The molecule has 2 rings (SSSR count). The molecule has 0 amide bonds. The van der Waals surface area contributed by atoms with Gasteiger partial charge in [-0.3, -0.25) is 0 Å². The first-order chi connectivity index (χ1) is 10.7. The summed E-state index contributed by atoms with van der Waals surface area (Å²) >= 11 is 0. The summed E-state index contributed by atoms with van der Waals surface area (Å²) in [7, 11) is 1.62. The van der Waals surface area contributed by atoms with Gasteiger partial charge in [-0.25, -0.2) is 0 Å². The van der Waals surface area contributed by atoms with Crippen LogP contribution in [0.1, 0.15) is 12.5 Å². The van der Waals surface area contributed by atoms with E-state index in [1.807, 2.05) is 61.5 Å². The maximum Gasteiger partial charge on any atom is 0.152 e. The molecule has 0 aliphatic rings. The van der Waals surface area contributed by atoms with E-state index in [0.717, 1.165) is 23.3 Å². The van der Waals surface area contributed by atoms with E-state index in [0.29, 0.717) is 6.61 Å². The summed E-state index contributed by atoms with van der Waals surface area (Å²) in [6.45, 7) is 2.16. The van der Waals surface area contributed by atoms with Crippen LogP contribution in [0.4, 0.5) is 0 Å². The average Bonchev–Trinajstić information content (AvgIpc) is 2.57. The Labute approximate surface area is 130 Å². The van der Waals surface area contributed by atoms with Gasteiger partial charge in [0.2, 0.25) is 0 Å². The summed E-state index contributed by atoms with van der Waals surface area (Å²) in [5.74, 6) is 1.51. The number of aldehydes is 1. The Bertz CT molecular complexity index is 565. The van der Waals surface area contributed by atoms with Crippen molar-refractivity contribution in [2.75, 3.05) is 7.11 Å². The lowest BCUT2D eigenvalue weighted by Crippen LogP contribution is -2.32. The maximum atomic E-state index is 11.2. The minimum Gasteiger partial charge on any atom is -0.497 e. The predicted molar refractivity (Wildman–Crippen MR) is 84.2 cm³/mol. The molecule has 0 saturated carbocycles. The van der Waals surface area contributed by atoms with E-state index in [9.17, 15) is 4.79 Å². The first kappa shape index (κ1) is 16.0. The van der Waals surface area contributed by atoms with Gasteiger partial charge in [0.1, 0.15) is 23.7 Å². The number of para-hydroxylation sites is 1. The van der Waals surface area contributed by atoms with Gasteiger partial charge in [-0.15, -0.1) is 0 Å². The van der Waals surface area contributed by atoms with Crippen molar-refractivity contribution in [3.8, 4) is 11.5 Å². The summed E-state index contributed by atoms with van der Waals surface area (Å²) in [6, 6.07) is 16.9. The normalized spacial score (nSPS) is 13.2. The van der Waals surface area contributed by atoms with Gasteiger partial charge in [-0.2, -0.15) is 0 Å². The number of ether oxygens (including phenoxy) is 3. The van der Waals surface area contributed by atoms with Gasteiger partial charge in [0, 0.05) is 0 Å². The highest BCUT2D eigenvalue weighted by Gasteiger charge is 2.19. The first-order valence-corrected chi connectivity index (χ1v) is 7.14. The van der Waals surface area contributed by atoms with Crippen molar-refractivity contribution in [3.05, 3.63) is 60.2 Å². The van der Waals surface area contributed by atoms with Crippen LogP contribution in [0.25, 0.3) is 0 Å². The average molecular weight is 300 g/mol. The second kappa shape index (κ2) is 8.20. The van der Waals surface area contributed by atoms with E-state index in [2.05, 4.69) is 0 Å². The molecule has 0 bridgehead atoms. The molecule has 4 nitrogen and oxygen atoms in total. The largest absolute Gasteiger partial charge is 0.497 e. The Balaban J connectivity index is 1.89. The van der Waals surface area contributed by atoms with Gasteiger partial charge >= 0.3 is 0 Å². The highest BCUT2D eigenvalue weighted by Crippen LogP contribution is 2.16. The van der Waals surface area contributed by atoms with Gasteiger partial charge in [0.05, 0.1) is 13.7 Å². The smallest absolute Gasteiger partial charge is 0.152 e. The summed E-state index contributed by atoms with van der Waals surface area (Å²) < 4.78 is 16.5. The van der Waals surface area contributed by atoms with Crippen molar-refractivity contribution in [1.82, 2.24) is 0 Å². The quantitative estimate of drug-likeness (QED) is 0.702. The third-order valence-electron chi connectivity index (χ3n) is 3.26. The zero-order valence-electron chi connectivity index (χ0n) is 12.8. The van der Waals surface area contributed by atoms with Crippen LogP contribution in [0.5, 0.6) is 11.5 Å². The highest BCUT2D eigenvalue weighted by atomic mass is 16.5. The molecule has 4 heteroatoms. The zero-order chi connectivity index (χ0) is 15.8. The van der Waals surface area contributed by atoms with Crippen LogP contribution in [-0.2, 0) is 16.1 Å². The van der Waals surface area contributed by atoms with Crippen LogP contribution in [0.15, 0.2) is 54.6 Å². The molecule has 0 saturated heterocycles. The summed E-state index contributed by atoms with van der Waals surface area (Å²) in [6.07, 6.45) is -0.211. The fourth-order valence-electron chi connectivity index (χ4n) is 1.98. The summed E-state index contributed by atoms with van der Waals surface area (Å²) in [5.41, 5.74) is 0.972. The van der Waals surface area contributed by atoms with Crippen LogP contribution in [-0.4, -0.2) is 25.6 Å². The topological polar surface area (TPSA) is 44.8 Å². The van der Waals surface area contributed by atoms with E-state index in [-0.39, 0.29) is 6.10 Å². The maximum absolute atomic E-state index is 11.2. The molecule has 22 heavy (non-hydrogen) atoms. The van der Waals surface area contributed by atoms with Crippen molar-refractivity contribution in [1.29, 1.82) is 0 Å². The Morgan fingerprint density at radius 3 is 2.27 bits per heavy atom. The van der Waals surface area contributed by atoms with Crippen LogP contribution in [0.2, 0.25) is 0 Å². The summed E-state index contributed by atoms with van der Waals surface area (Å²) in [5, 5.41) is 0. The van der Waals surface area contributed by atoms with Gasteiger partial charge in [0.25, 0.3) is 0 Å². The van der Waals surface area contributed by atoms with Crippen LogP contribution >= 0.6 is 0 Å². The number of carbonyl (C=O) groups excluding carboxylic acids is 1. The van der Waals surface area contributed by atoms with Gasteiger partial charge in [-0.1, -0.05) is 30.3 Å². The second-order valence-corrected chi connectivity index (χ2v) is 4.90. The number of methoxy groups -OCH3 is 1. The van der Waals surface area contributed by atoms with Crippen molar-refractivity contribution in [2.24, 2.45) is 0 Å². The monoisotopic (exact) mass is 300 g/mol. The van der Waals surface area contributed by atoms with Gasteiger partial charge in [-0.05, 0) is 36.8 Å². The first-order valence-electron chi connectivity index (χ1n) is 7.14. The Morgan fingerprint density at radius 1 is 1.00 bits per heavy atom. The summed E-state index contributed by atoms with van der Waals surface area (Å²) in [4.78, 5) is 11.2. The molecule has 0 aliphatic heterocycles. The number of carbonyl (C=O) groups is 1. The Kier molecular flexibility index (Phi) is 5.98. The van der Waals surface area contributed by atoms with E-state index in [4.69, 9.17) is 14.2 Å². The molecule has 0 aromatic heterocycles. The lowest BCUT2D eigenvalue weighted by molar-refractivity contribution is -0.124.